The molecule has 15 N–H and O–H groups in total. The molecule has 0 bridgehead atoms. The molecule has 2 rings (SSSR count). The van der Waals surface area contributed by atoms with Crippen LogP contribution in [-0.2, 0) is 87.6 Å². The Labute approximate surface area is 718 Å². The van der Waals surface area contributed by atoms with E-state index in [9.17, 15) is 72.5 Å². The highest BCUT2D eigenvalue weighted by Crippen LogP contribution is 2.23. The van der Waals surface area contributed by atoms with Crippen molar-refractivity contribution < 1.29 is 115 Å². The van der Waals surface area contributed by atoms with E-state index >= 15 is 14.4 Å². The second-order valence-corrected chi connectivity index (χ2v) is 37.1. The predicted octanol–water partition coefficient (Wildman–Crippen LogP) is 5.48. The lowest BCUT2D eigenvalue weighted by molar-refractivity contribution is -0.163. The standard InChI is InChI=1S/C85H143N13O24/c1-24-50(4)74(111)117-85(22,23)47-66(104)93-57(32-38-88-76(113)119-81(10,11)12)65(103)46-56(51(5)99)69(106)94-58(33-39-89-77(114)120-82(13,14)15)63(101)44-54-30-36-86-73(110)67(52(6)100)98-68(105)55(31-37-87-75(112)118-80(7,8)9)45-64(102)59(34-40-90-78(115)121-83(16,17)18)95-71(108)61(42-49(2)3)96-72(109)62(43-53-28-26-25-27-29-53)97-70(107)60(92-48-54)35-41-91-79(116)122-84(19,20)21/h25-29,49-52,54-62,67,92,99-100H,24,30-48H2,1-23H3,(H,86,110)(H,87,112)(H,88,113)(H,89,114)(H,90,115)(H,91,116)(H,93,104)(H,94,106)(H,95,108)(H,96,109)(H,97,107)(H,98,105)/t50?,51?,52?,54-,55-,56+,57+,58+,59+,60+,61+,62-,67+/m1/s1. The summed E-state index contributed by atoms with van der Waals surface area (Å²) in [6, 6.07) is -2.22. The summed E-state index contributed by atoms with van der Waals surface area (Å²) in [5, 5.41) is 57.7. The van der Waals surface area contributed by atoms with Gasteiger partial charge in [0, 0.05) is 70.9 Å². The Morgan fingerprint density at radius 2 is 0.934 bits per heavy atom. The number of nitrogens with one attached hydrogen (secondary N) is 13. The van der Waals surface area contributed by atoms with Gasteiger partial charge < -0.3 is 108 Å². The number of carbonyl (C=O) groups is 16. The number of hydrogen-bond acceptors (Lipinski definition) is 25. The fraction of sp³-hybridized carbons (Fsp3) is 0.741. The second kappa shape index (κ2) is 50.7. The Kier molecular flexibility index (Phi) is 45.0. The zero-order valence-corrected chi connectivity index (χ0v) is 76.0. The van der Waals surface area contributed by atoms with Crippen LogP contribution in [0, 0.1) is 29.6 Å². The fourth-order valence-electron chi connectivity index (χ4n) is 12.3. The van der Waals surface area contributed by atoms with Crippen LogP contribution >= 0.6 is 0 Å². The van der Waals surface area contributed by atoms with Crippen molar-refractivity contribution in [3.63, 3.8) is 0 Å². The molecule has 1 aromatic carbocycles. The third kappa shape index (κ3) is 46.5. The number of ether oxygens (including phenoxy) is 6. The number of alkyl carbamates (subject to hydrolysis) is 5. The van der Waals surface area contributed by atoms with E-state index in [-0.39, 0.29) is 103 Å². The zero-order chi connectivity index (χ0) is 93.0. The Morgan fingerprint density at radius 1 is 0.500 bits per heavy atom. The number of amides is 12. The van der Waals surface area contributed by atoms with Crippen LogP contribution in [0.1, 0.15) is 242 Å². The number of benzene rings is 1. The third-order valence-electron chi connectivity index (χ3n) is 18.5. The summed E-state index contributed by atoms with van der Waals surface area (Å²) in [5.41, 5.74) is -5.65. The number of hydrogen-bond donors (Lipinski definition) is 15. The molecular weight excluding hydrogens is 1590 g/mol. The molecule has 1 saturated heterocycles. The summed E-state index contributed by atoms with van der Waals surface area (Å²) in [7, 11) is 0. The Bertz CT molecular complexity index is 3630. The molecule has 37 heteroatoms. The van der Waals surface area contributed by atoms with Crippen molar-refractivity contribution >= 4 is 95.1 Å². The topological polar surface area (TPSA) is 525 Å². The molecule has 0 spiro atoms. The number of esters is 1. The molecule has 12 amide bonds. The van der Waals surface area contributed by atoms with E-state index in [0.29, 0.717) is 12.0 Å². The van der Waals surface area contributed by atoms with Crippen LogP contribution in [-0.4, -0.2) is 239 Å². The smallest absolute Gasteiger partial charge is 0.407 e. The van der Waals surface area contributed by atoms with E-state index < -0.39 is 233 Å². The summed E-state index contributed by atoms with van der Waals surface area (Å²) in [4.78, 5) is 227. The average molecular weight is 1730 g/mol. The summed E-state index contributed by atoms with van der Waals surface area (Å²) in [6.07, 6.45) is -11.8. The van der Waals surface area contributed by atoms with Gasteiger partial charge in [-0.15, -0.1) is 0 Å². The highest BCUT2D eigenvalue weighted by atomic mass is 16.6. The first kappa shape index (κ1) is 108. The van der Waals surface area contributed by atoms with Gasteiger partial charge in [-0.05, 0) is 207 Å². The van der Waals surface area contributed by atoms with Crippen LogP contribution in [0.3, 0.4) is 0 Å². The minimum Gasteiger partial charge on any atom is -0.459 e. The highest BCUT2D eigenvalue weighted by molar-refractivity contribution is 5.98. The summed E-state index contributed by atoms with van der Waals surface area (Å²) in [6.45, 7) is 34.6. The monoisotopic (exact) mass is 1730 g/mol. The fourth-order valence-corrected chi connectivity index (χ4v) is 12.3. The van der Waals surface area contributed by atoms with E-state index in [1.54, 1.807) is 162 Å². The Morgan fingerprint density at radius 3 is 1.39 bits per heavy atom. The minimum atomic E-state index is -1.79. The lowest BCUT2D eigenvalue weighted by atomic mass is 9.90. The van der Waals surface area contributed by atoms with Gasteiger partial charge in [0.1, 0.15) is 51.7 Å². The van der Waals surface area contributed by atoms with Gasteiger partial charge in [0.05, 0.1) is 54.6 Å². The first-order valence-electron chi connectivity index (χ1n) is 42.1. The number of aliphatic hydroxyl groups is 2. The molecule has 122 heavy (non-hydrogen) atoms. The van der Waals surface area contributed by atoms with E-state index in [0.717, 1.165) is 0 Å². The molecule has 1 fully saturated rings. The maximum Gasteiger partial charge on any atom is 0.407 e. The van der Waals surface area contributed by atoms with Gasteiger partial charge in [-0.1, -0.05) is 58.0 Å². The molecule has 1 aliphatic heterocycles. The molecule has 692 valence electrons. The second-order valence-electron chi connectivity index (χ2n) is 37.1. The van der Waals surface area contributed by atoms with Crippen LogP contribution in [0.15, 0.2) is 30.3 Å². The van der Waals surface area contributed by atoms with Gasteiger partial charge in [0.15, 0.2) is 17.3 Å². The minimum absolute atomic E-state index is 0.0584. The number of ketones is 3. The van der Waals surface area contributed by atoms with Crippen LogP contribution in [0.25, 0.3) is 0 Å². The van der Waals surface area contributed by atoms with Crippen molar-refractivity contribution in [2.24, 2.45) is 29.6 Å². The first-order valence-corrected chi connectivity index (χ1v) is 42.1. The van der Waals surface area contributed by atoms with Crippen LogP contribution < -0.4 is 69.1 Å². The molecule has 0 aliphatic carbocycles. The molecule has 1 aliphatic rings. The number of rotatable bonds is 35. The van der Waals surface area contributed by atoms with Gasteiger partial charge in [-0.2, -0.15) is 0 Å². The van der Waals surface area contributed by atoms with Crippen molar-refractivity contribution in [3.05, 3.63) is 35.9 Å². The van der Waals surface area contributed by atoms with E-state index in [4.69, 9.17) is 28.4 Å². The van der Waals surface area contributed by atoms with Crippen molar-refractivity contribution in [1.29, 1.82) is 0 Å². The van der Waals surface area contributed by atoms with Gasteiger partial charge in [-0.3, -0.25) is 52.7 Å². The normalized spacial score (nSPS) is 20.1. The third-order valence-corrected chi connectivity index (χ3v) is 18.5. The largest absolute Gasteiger partial charge is 0.459 e. The lowest BCUT2D eigenvalue weighted by Crippen LogP contribution is -2.58. The molecule has 37 nitrogen and oxygen atoms in total. The Hall–Kier alpha value is -9.78. The maximum atomic E-state index is 15.5. The van der Waals surface area contributed by atoms with Crippen LogP contribution in [0.4, 0.5) is 24.0 Å². The molecule has 1 aromatic rings. The van der Waals surface area contributed by atoms with Crippen LogP contribution in [0.2, 0.25) is 0 Å². The van der Waals surface area contributed by atoms with E-state index in [1.807, 2.05) is 0 Å². The van der Waals surface area contributed by atoms with Crippen molar-refractivity contribution in [2.75, 3.05) is 45.8 Å². The highest BCUT2D eigenvalue weighted by Gasteiger charge is 2.40. The van der Waals surface area contributed by atoms with Gasteiger partial charge >= 0.3 is 36.4 Å². The van der Waals surface area contributed by atoms with Crippen molar-refractivity contribution in [1.82, 2.24) is 69.1 Å². The van der Waals surface area contributed by atoms with Crippen LogP contribution in [0.5, 0.6) is 0 Å². The van der Waals surface area contributed by atoms with E-state index in [1.165, 1.54) is 27.7 Å². The predicted molar refractivity (Wildman–Crippen MR) is 452 cm³/mol. The summed E-state index contributed by atoms with van der Waals surface area (Å²) < 4.78 is 32.8. The number of Topliss-reactive ketones (excluding diaryl/α,β-unsaturated/α-hetero) is 3. The van der Waals surface area contributed by atoms with Crippen molar-refractivity contribution in [2.45, 2.75) is 331 Å². The first-order chi connectivity index (χ1) is 56.2. The van der Waals surface area contributed by atoms with Gasteiger partial charge in [-0.25, -0.2) is 24.0 Å². The maximum absolute atomic E-state index is 15.5. The lowest BCUT2D eigenvalue weighted by Gasteiger charge is -2.29. The Balaban J connectivity index is 3.09. The zero-order valence-electron chi connectivity index (χ0n) is 76.0. The average Bonchev–Trinajstić information content (AvgIpc) is 0.939. The van der Waals surface area contributed by atoms with E-state index in [2.05, 4.69) is 69.1 Å². The molecule has 0 aromatic heterocycles. The number of carbonyl (C=O) groups excluding carboxylic acids is 16. The molecule has 0 saturated carbocycles. The quantitative estimate of drug-likeness (QED) is 0.0295. The van der Waals surface area contributed by atoms with Crippen molar-refractivity contribution in [3.8, 4) is 0 Å². The molecule has 3 unspecified atom stereocenters. The molecule has 0 radical (unpaired) electrons. The number of aliphatic hydroxyl groups excluding tert-OH is 2. The summed E-state index contributed by atoms with van der Waals surface area (Å²) in [5.74, 6) is -14.4. The van der Waals surface area contributed by atoms with Gasteiger partial charge in [0.25, 0.3) is 0 Å². The van der Waals surface area contributed by atoms with Gasteiger partial charge in [0.2, 0.25) is 41.4 Å². The molecular formula is C85H143N13O24. The summed E-state index contributed by atoms with van der Waals surface area (Å²) >= 11 is 0. The molecule has 13 atom stereocenters. The molecule has 1 heterocycles. The SMILES string of the molecule is CCC(C)C(=O)OC(C)(C)CC(=O)N[C@@H](CCNC(=O)OC(C)(C)C)C(=O)C[C@H](C(=O)N[C@@H](CCNC(=O)OC(C)(C)C)C(=O)C[C@H]1CCNC(=O)[C@H](C(C)O)NC(=O)[C@H](CCNC(=O)OC(C)(C)C)CC(=O)[C@H](CCNC(=O)OC(C)(C)C)NC(=O)[C@H](CC(C)C)NC(=O)[C@@H](Cc2ccccc2)NC(=O)[C@H](CCNC(=O)OC(C)(C)C)NC1)C(C)O.